The number of alkyl halides is 3. The van der Waals surface area contributed by atoms with Crippen LogP contribution in [0.15, 0.2) is 0 Å². The summed E-state index contributed by atoms with van der Waals surface area (Å²) in [6.07, 6.45) is -3.64. The van der Waals surface area contributed by atoms with Crippen molar-refractivity contribution in [1.29, 1.82) is 0 Å². The van der Waals surface area contributed by atoms with Gasteiger partial charge in [-0.1, -0.05) is 6.92 Å². The SMILES string of the molecule is CCCN(CC1C(=O)C(C)(C)OC1(C)C)CC(F)(F)F. The molecule has 0 spiro atoms. The van der Waals surface area contributed by atoms with Crippen molar-refractivity contribution in [3.05, 3.63) is 0 Å². The molecule has 0 saturated carbocycles. The van der Waals surface area contributed by atoms with Crippen molar-refractivity contribution in [2.75, 3.05) is 19.6 Å². The molecule has 1 atom stereocenters. The molecule has 0 bridgehead atoms. The van der Waals surface area contributed by atoms with Gasteiger partial charge in [0.2, 0.25) is 0 Å². The lowest BCUT2D eigenvalue weighted by atomic mass is 9.85. The molecule has 1 aliphatic heterocycles. The van der Waals surface area contributed by atoms with Crippen LogP contribution in [-0.2, 0) is 9.53 Å². The molecule has 0 aromatic rings. The number of ketones is 1. The lowest BCUT2D eigenvalue weighted by molar-refractivity contribution is -0.150. The summed E-state index contributed by atoms with van der Waals surface area (Å²) in [5.74, 6) is -0.655. The third-order valence-electron chi connectivity index (χ3n) is 3.65. The maximum atomic E-state index is 12.6. The van der Waals surface area contributed by atoms with E-state index in [0.29, 0.717) is 13.0 Å². The molecule has 0 radical (unpaired) electrons. The molecule has 0 aromatic carbocycles. The molecule has 1 aliphatic rings. The van der Waals surface area contributed by atoms with Gasteiger partial charge < -0.3 is 4.74 Å². The summed E-state index contributed by atoms with van der Waals surface area (Å²) in [5, 5.41) is 0. The van der Waals surface area contributed by atoms with Crippen LogP contribution in [0.4, 0.5) is 13.2 Å². The average Bonchev–Trinajstić information content (AvgIpc) is 2.34. The van der Waals surface area contributed by atoms with Gasteiger partial charge in [-0.25, -0.2) is 0 Å². The topological polar surface area (TPSA) is 29.5 Å². The summed E-state index contributed by atoms with van der Waals surface area (Å²) in [6, 6.07) is 0. The van der Waals surface area contributed by atoms with Crippen molar-refractivity contribution in [1.82, 2.24) is 4.90 Å². The summed E-state index contributed by atoms with van der Waals surface area (Å²) in [4.78, 5) is 13.6. The Morgan fingerprint density at radius 3 is 2.15 bits per heavy atom. The molecule has 3 nitrogen and oxygen atoms in total. The van der Waals surface area contributed by atoms with E-state index in [1.807, 2.05) is 6.92 Å². The molecule has 0 aliphatic carbocycles. The quantitative estimate of drug-likeness (QED) is 0.781. The number of rotatable bonds is 5. The molecule has 0 amide bonds. The van der Waals surface area contributed by atoms with Gasteiger partial charge in [0.25, 0.3) is 0 Å². The first-order valence-electron chi connectivity index (χ1n) is 6.92. The summed E-state index contributed by atoms with van der Waals surface area (Å²) in [5.41, 5.74) is -1.66. The molecule has 1 saturated heterocycles. The number of nitrogens with zero attached hydrogens (tertiary/aromatic N) is 1. The first kappa shape index (κ1) is 17.4. The van der Waals surface area contributed by atoms with Gasteiger partial charge in [0.05, 0.1) is 18.1 Å². The highest BCUT2D eigenvalue weighted by Crippen LogP contribution is 2.39. The van der Waals surface area contributed by atoms with Crippen LogP contribution >= 0.6 is 0 Å². The minimum absolute atomic E-state index is 0.0859. The molecule has 1 heterocycles. The van der Waals surface area contributed by atoms with E-state index in [1.54, 1.807) is 27.7 Å². The number of Topliss-reactive ketones (excluding diaryl/α,β-unsaturated/α-hetero) is 1. The number of halogens is 3. The minimum Gasteiger partial charge on any atom is -0.361 e. The number of carbonyl (C=O) groups excluding carboxylic acids is 1. The van der Waals surface area contributed by atoms with Crippen LogP contribution in [0, 0.1) is 5.92 Å². The highest BCUT2D eigenvalue weighted by atomic mass is 19.4. The van der Waals surface area contributed by atoms with Gasteiger partial charge in [0.15, 0.2) is 5.78 Å². The van der Waals surface area contributed by atoms with Crippen LogP contribution in [0.2, 0.25) is 0 Å². The van der Waals surface area contributed by atoms with Crippen LogP contribution < -0.4 is 0 Å². The van der Waals surface area contributed by atoms with E-state index in [2.05, 4.69) is 0 Å². The highest BCUT2D eigenvalue weighted by Gasteiger charge is 2.53. The Hall–Kier alpha value is -0.620. The Morgan fingerprint density at radius 1 is 1.25 bits per heavy atom. The lowest BCUT2D eigenvalue weighted by Crippen LogP contribution is -2.44. The zero-order chi connectivity index (χ0) is 15.8. The van der Waals surface area contributed by atoms with Gasteiger partial charge in [0.1, 0.15) is 5.60 Å². The first-order valence-corrected chi connectivity index (χ1v) is 6.92. The fraction of sp³-hybridized carbons (Fsp3) is 0.929. The summed E-state index contributed by atoms with van der Waals surface area (Å²) < 4.78 is 43.5. The molecule has 1 rings (SSSR count). The third kappa shape index (κ3) is 4.19. The van der Waals surface area contributed by atoms with E-state index in [1.165, 1.54) is 4.90 Å². The Bertz CT molecular complexity index is 364. The molecule has 0 aromatic heterocycles. The Balaban J connectivity index is 2.84. The number of carbonyl (C=O) groups is 1. The predicted octanol–water partition coefficient (Wildman–Crippen LogP) is 3.03. The average molecular weight is 295 g/mol. The third-order valence-corrected chi connectivity index (χ3v) is 3.65. The lowest BCUT2D eigenvalue weighted by Gasteiger charge is -2.31. The smallest absolute Gasteiger partial charge is 0.361 e. The summed E-state index contributed by atoms with van der Waals surface area (Å²) in [6.45, 7) is 8.12. The Morgan fingerprint density at radius 2 is 1.80 bits per heavy atom. The number of hydrogen-bond acceptors (Lipinski definition) is 3. The minimum atomic E-state index is -4.25. The standard InChI is InChI=1S/C14H24F3NO2/c1-6-7-18(9-14(15,16)17)8-10-11(19)13(4,5)20-12(10,2)3/h10H,6-9H2,1-5H3. The Labute approximate surface area is 118 Å². The summed E-state index contributed by atoms with van der Waals surface area (Å²) in [7, 11) is 0. The second-order valence-electron chi connectivity index (χ2n) is 6.48. The molecule has 20 heavy (non-hydrogen) atoms. The monoisotopic (exact) mass is 295 g/mol. The summed E-state index contributed by atoms with van der Waals surface area (Å²) >= 11 is 0. The molecule has 118 valence electrons. The van der Waals surface area contributed by atoms with Crippen LogP contribution in [0.1, 0.15) is 41.0 Å². The fourth-order valence-corrected chi connectivity index (χ4v) is 2.88. The molecule has 6 heteroatoms. The van der Waals surface area contributed by atoms with Crippen LogP contribution in [0.5, 0.6) is 0 Å². The molecule has 1 unspecified atom stereocenters. The van der Waals surface area contributed by atoms with Gasteiger partial charge in [0, 0.05) is 6.54 Å². The molecule has 1 fully saturated rings. The van der Waals surface area contributed by atoms with Gasteiger partial charge in [-0.2, -0.15) is 13.2 Å². The van der Waals surface area contributed by atoms with Crippen molar-refractivity contribution in [3.63, 3.8) is 0 Å². The maximum absolute atomic E-state index is 12.6. The van der Waals surface area contributed by atoms with Gasteiger partial charge in [-0.05, 0) is 40.7 Å². The van der Waals surface area contributed by atoms with Gasteiger partial charge in [-0.3, -0.25) is 9.69 Å². The Kier molecular flexibility index (Phi) is 4.91. The molecule has 0 N–H and O–H groups in total. The van der Waals surface area contributed by atoms with Crippen LogP contribution in [0.3, 0.4) is 0 Å². The molecular formula is C14H24F3NO2. The number of ether oxygens (including phenoxy) is 1. The zero-order valence-electron chi connectivity index (χ0n) is 12.8. The van der Waals surface area contributed by atoms with Crippen molar-refractivity contribution in [2.45, 2.75) is 58.4 Å². The van der Waals surface area contributed by atoms with Crippen molar-refractivity contribution in [2.24, 2.45) is 5.92 Å². The highest BCUT2D eigenvalue weighted by molar-refractivity contribution is 5.91. The van der Waals surface area contributed by atoms with Crippen molar-refractivity contribution < 1.29 is 22.7 Å². The largest absolute Gasteiger partial charge is 0.401 e. The zero-order valence-corrected chi connectivity index (χ0v) is 12.8. The van der Waals surface area contributed by atoms with E-state index in [4.69, 9.17) is 4.74 Å². The number of hydrogen-bond donors (Lipinski definition) is 0. The first-order chi connectivity index (χ1) is 8.89. The van der Waals surface area contributed by atoms with Gasteiger partial charge in [-0.15, -0.1) is 0 Å². The van der Waals surface area contributed by atoms with Crippen LogP contribution in [-0.4, -0.2) is 47.7 Å². The fourth-order valence-electron chi connectivity index (χ4n) is 2.88. The van der Waals surface area contributed by atoms with Crippen molar-refractivity contribution >= 4 is 5.78 Å². The van der Waals surface area contributed by atoms with E-state index >= 15 is 0 Å². The van der Waals surface area contributed by atoms with E-state index in [0.717, 1.165) is 0 Å². The normalized spacial score (nSPS) is 25.4. The van der Waals surface area contributed by atoms with Gasteiger partial charge >= 0.3 is 6.18 Å². The second kappa shape index (κ2) is 5.64. The predicted molar refractivity (Wildman–Crippen MR) is 70.5 cm³/mol. The van der Waals surface area contributed by atoms with E-state index in [-0.39, 0.29) is 12.3 Å². The molecular weight excluding hydrogens is 271 g/mol. The van der Waals surface area contributed by atoms with E-state index in [9.17, 15) is 18.0 Å². The maximum Gasteiger partial charge on any atom is 0.401 e. The van der Waals surface area contributed by atoms with Crippen molar-refractivity contribution in [3.8, 4) is 0 Å². The van der Waals surface area contributed by atoms with E-state index < -0.39 is 29.8 Å². The van der Waals surface area contributed by atoms with Crippen LogP contribution in [0.25, 0.3) is 0 Å². The second-order valence-corrected chi connectivity index (χ2v) is 6.48.